The van der Waals surface area contributed by atoms with Gasteiger partial charge in [0.25, 0.3) is 5.91 Å². The van der Waals surface area contributed by atoms with E-state index < -0.39 is 6.10 Å². The van der Waals surface area contributed by atoms with E-state index >= 15 is 0 Å². The lowest BCUT2D eigenvalue weighted by Crippen LogP contribution is -2.56. The van der Waals surface area contributed by atoms with Crippen molar-refractivity contribution in [2.45, 2.75) is 32.0 Å². The van der Waals surface area contributed by atoms with Crippen LogP contribution in [0.4, 0.5) is 5.82 Å². The molecule has 0 bridgehead atoms. The molecule has 0 unspecified atom stereocenters. The number of nitrogens with one attached hydrogen (secondary N) is 2. The first-order valence-corrected chi connectivity index (χ1v) is 10.4. The van der Waals surface area contributed by atoms with Gasteiger partial charge in [-0.3, -0.25) is 19.2 Å². The molecule has 2 aliphatic rings. The van der Waals surface area contributed by atoms with Crippen molar-refractivity contribution in [3.05, 3.63) is 35.5 Å². The van der Waals surface area contributed by atoms with Crippen molar-refractivity contribution in [3.63, 3.8) is 0 Å². The van der Waals surface area contributed by atoms with E-state index in [1.165, 1.54) is 17.6 Å². The normalized spacial score (nSPS) is 17.6. The zero-order valence-electron chi connectivity index (χ0n) is 17.8. The van der Waals surface area contributed by atoms with Gasteiger partial charge < -0.3 is 20.6 Å². The second kappa shape index (κ2) is 8.98. The van der Waals surface area contributed by atoms with Gasteiger partial charge >= 0.3 is 0 Å². The molecule has 11 nitrogen and oxygen atoms in total. The number of rotatable bonds is 7. The molecule has 31 heavy (non-hydrogen) atoms. The number of amides is 2. The molecular formula is C20H28N8O3. The fourth-order valence-corrected chi connectivity index (χ4v) is 3.96. The number of hydrogen-bond donors (Lipinski definition) is 3. The minimum Gasteiger partial charge on any atom is -0.390 e. The summed E-state index contributed by atoms with van der Waals surface area (Å²) in [7, 11) is 1.94. The number of hydrogen-bond acceptors (Lipinski definition) is 8. The Morgan fingerprint density at radius 3 is 2.90 bits per heavy atom. The van der Waals surface area contributed by atoms with Gasteiger partial charge in [-0.25, -0.2) is 9.97 Å². The molecule has 166 valence electrons. The summed E-state index contributed by atoms with van der Waals surface area (Å²) in [6.45, 7) is 4.98. The summed E-state index contributed by atoms with van der Waals surface area (Å²) in [6, 6.07) is 1.69. The molecule has 4 heterocycles. The molecule has 3 N–H and O–H groups in total. The van der Waals surface area contributed by atoms with Gasteiger partial charge in [-0.15, -0.1) is 0 Å². The Morgan fingerprint density at radius 2 is 2.13 bits per heavy atom. The summed E-state index contributed by atoms with van der Waals surface area (Å²) < 4.78 is 1.90. The number of likely N-dealkylation sites (tertiary alicyclic amines) is 1. The van der Waals surface area contributed by atoms with Crippen molar-refractivity contribution in [1.82, 2.24) is 34.9 Å². The first-order chi connectivity index (χ1) is 14.9. The number of aliphatic hydroxyl groups excluding tert-OH is 1. The Balaban J connectivity index is 1.23. The second-order valence-electron chi connectivity index (χ2n) is 8.14. The monoisotopic (exact) mass is 428 g/mol. The van der Waals surface area contributed by atoms with Crippen LogP contribution in [-0.4, -0.2) is 91.3 Å². The third kappa shape index (κ3) is 5.00. The van der Waals surface area contributed by atoms with Gasteiger partial charge in [0.2, 0.25) is 5.91 Å². The smallest absolute Gasteiger partial charge is 0.270 e. The lowest BCUT2D eigenvalue weighted by molar-refractivity contribution is -0.132. The number of aryl methyl sites for hydroxylation is 1. The van der Waals surface area contributed by atoms with E-state index in [4.69, 9.17) is 0 Å². The number of aliphatic hydroxyl groups is 1. The van der Waals surface area contributed by atoms with Crippen LogP contribution in [0.5, 0.6) is 0 Å². The summed E-state index contributed by atoms with van der Waals surface area (Å²) >= 11 is 0. The largest absolute Gasteiger partial charge is 0.390 e. The van der Waals surface area contributed by atoms with Crippen molar-refractivity contribution in [1.29, 1.82) is 0 Å². The Morgan fingerprint density at radius 1 is 1.32 bits per heavy atom. The van der Waals surface area contributed by atoms with Crippen LogP contribution >= 0.6 is 0 Å². The Bertz CT molecular complexity index is 956. The molecule has 1 fully saturated rings. The predicted octanol–water partition coefficient (Wildman–Crippen LogP) is -0.998. The van der Waals surface area contributed by atoms with Crippen LogP contribution in [0.25, 0.3) is 0 Å². The average molecular weight is 428 g/mol. The van der Waals surface area contributed by atoms with Crippen molar-refractivity contribution in [2.75, 3.05) is 38.0 Å². The molecule has 2 aliphatic heterocycles. The lowest BCUT2D eigenvalue weighted by atomic mass is 10.1. The number of fused-ring (bicyclic) bond motifs is 1. The lowest BCUT2D eigenvalue weighted by Gasteiger charge is -2.39. The molecule has 2 amide bonds. The molecule has 0 saturated carbocycles. The van der Waals surface area contributed by atoms with E-state index in [2.05, 4.69) is 30.6 Å². The third-order valence-corrected chi connectivity index (χ3v) is 5.75. The minimum atomic E-state index is -0.686. The molecule has 2 aromatic heterocycles. The van der Waals surface area contributed by atoms with Crippen LogP contribution in [-0.2, 0) is 24.8 Å². The van der Waals surface area contributed by atoms with E-state index in [1.54, 1.807) is 17.9 Å². The standard InChI is InChI=1S/C20H28N8O3/c1-13(29)28-9-15(10-28)25-19-5-17(22-12-23-19)20(31)21-7-16(30)11-27-4-3-18-14(8-27)6-24-26(18)2/h5-6,12,15-16,30H,3-4,7-11H2,1-2H3,(H,21,31)(H,22,23,25)/t16-/m0/s1. The van der Waals surface area contributed by atoms with Gasteiger partial charge in [0.05, 0.1) is 18.3 Å². The molecule has 0 aliphatic carbocycles. The summed E-state index contributed by atoms with van der Waals surface area (Å²) in [5.41, 5.74) is 2.65. The molecule has 2 aromatic rings. The van der Waals surface area contributed by atoms with Crippen LogP contribution in [0.15, 0.2) is 18.6 Å². The zero-order chi connectivity index (χ0) is 22.0. The molecule has 0 aromatic carbocycles. The van der Waals surface area contributed by atoms with Crippen molar-refractivity contribution < 1.29 is 14.7 Å². The topological polar surface area (TPSA) is 129 Å². The van der Waals surface area contributed by atoms with Gasteiger partial charge in [-0.05, 0) is 0 Å². The highest BCUT2D eigenvalue weighted by Crippen LogP contribution is 2.18. The highest BCUT2D eigenvalue weighted by molar-refractivity contribution is 5.92. The maximum Gasteiger partial charge on any atom is 0.270 e. The van der Waals surface area contributed by atoms with Crippen molar-refractivity contribution in [2.24, 2.45) is 7.05 Å². The number of aromatic nitrogens is 4. The first kappa shape index (κ1) is 21.2. The van der Waals surface area contributed by atoms with E-state index in [0.29, 0.717) is 25.5 Å². The molecule has 11 heteroatoms. The fourth-order valence-electron chi connectivity index (χ4n) is 3.96. The first-order valence-electron chi connectivity index (χ1n) is 10.4. The van der Waals surface area contributed by atoms with Gasteiger partial charge in [0.15, 0.2) is 0 Å². The van der Waals surface area contributed by atoms with Crippen LogP contribution in [0, 0.1) is 0 Å². The summed E-state index contributed by atoms with van der Waals surface area (Å²) in [5.74, 6) is 0.218. The third-order valence-electron chi connectivity index (χ3n) is 5.75. The second-order valence-corrected chi connectivity index (χ2v) is 8.14. The molecule has 0 spiro atoms. The van der Waals surface area contributed by atoms with Crippen molar-refractivity contribution in [3.8, 4) is 0 Å². The fraction of sp³-hybridized carbons (Fsp3) is 0.550. The number of anilines is 1. The van der Waals surface area contributed by atoms with E-state index in [-0.39, 0.29) is 30.1 Å². The Hall–Kier alpha value is -3.05. The maximum atomic E-state index is 12.5. The van der Waals surface area contributed by atoms with E-state index in [9.17, 15) is 14.7 Å². The Kier molecular flexibility index (Phi) is 6.14. The number of β-amino-alcohol motifs (C(OH)–C–C–N with tert-alkyl or cyclic N) is 1. The van der Waals surface area contributed by atoms with Crippen LogP contribution in [0.2, 0.25) is 0 Å². The molecule has 1 saturated heterocycles. The molecule has 0 radical (unpaired) electrons. The zero-order valence-corrected chi connectivity index (χ0v) is 17.8. The number of carbonyl (C=O) groups excluding carboxylic acids is 2. The van der Waals surface area contributed by atoms with E-state index in [1.807, 2.05) is 17.9 Å². The Labute approximate surface area is 180 Å². The number of carbonyl (C=O) groups is 2. The molecule has 1 atom stereocenters. The van der Waals surface area contributed by atoms with Crippen LogP contribution in [0.1, 0.15) is 28.7 Å². The van der Waals surface area contributed by atoms with Crippen LogP contribution < -0.4 is 10.6 Å². The minimum absolute atomic E-state index is 0.0461. The van der Waals surface area contributed by atoms with Gasteiger partial charge in [-0.1, -0.05) is 0 Å². The maximum absolute atomic E-state index is 12.5. The summed E-state index contributed by atoms with van der Waals surface area (Å²) in [6.07, 6.45) is 3.41. The van der Waals surface area contributed by atoms with Gasteiger partial charge in [-0.2, -0.15) is 5.10 Å². The predicted molar refractivity (Wildman–Crippen MR) is 112 cm³/mol. The van der Waals surface area contributed by atoms with Gasteiger partial charge in [0.1, 0.15) is 17.8 Å². The number of nitrogens with zero attached hydrogens (tertiary/aromatic N) is 6. The average Bonchev–Trinajstić information content (AvgIpc) is 3.08. The SMILES string of the molecule is CC(=O)N1CC(Nc2cc(C(=O)NC[C@H](O)CN3CCc4c(cnn4C)C3)ncn2)C1. The highest BCUT2D eigenvalue weighted by Gasteiger charge is 2.28. The van der Waals surface area contributed by atoms with Crippen molar-refractivity contribution >= 4 is 17.6 Å². The molecular weight excluding hydrogens is 400 g/mol. The highest BCUT2D eigenvalue weighted by atomic mass is 16.3. The molecule has 4 rings (SSSR count). The van der Waals surface area contributed by atoms with E-state index in [0.717, 1.165) is 19.5 Å². The summed E-state index contributed by atoms with van der Waals surface area (Å²) in [4.78, 5) is 35.8. The van der Waals surface area contributed by atoms with Gasteiger partial charge in [0, 0.05) is 77.0 Å². The summed E-state index contributed by atoms with van der Waals surface area (Å²) in [5, 5.41) is 20.6. The van der Waals surface area contributed by atoms with Crippen LogP contribution in [0.3, 0.4) is 0 Å². The quantitative estimate of drug-likeness (QED) is 0.512.